The zero-order chi connectivity index (χ0) is 18.7. The van der Waals surface area contributed by atoms with Crippen LogP contribution >= 0.6 is 11.6 Å². The van der Waals surface area contributed by atoms with Gasteiger partial charge in [-0.2, -0.15) is 5.10 Å². The van der Waals surface area contributed by atoms with Crippen molar-refractivity contribution in [2.75, 3.05) is 5.32 Å². The monoisotopic (exact) mass is 368 g/mol. The van der Waals surface area contributed by atoms with Crippen LogP contribution in [-0.2, 0) is 4.79 Å². The Bertz CT molecular complexity index is 1000. The van der Waals surface area contributed by atoms with Gasteiger partial charge in [0.15, 0.2) is 0 Å². The number of hydrogen-bond donors (Lipinski definition) is 1. The summed E-state index contributed by atoms with van der Waals surface area (Å²) in [5, 5.41) is 7.68. The summed E-state index contributed by atoms with van der Waals surface area (Å²) in [7, 11) is 0. The fourth-order valence-electron chi connectivity index (χ4n) is 2.46. The lowest BCUT2D eigenvalue weighted by Crippen LogP contribution is -2.33. The molecule has 26 heavy (non-hydrogen) atoms. The van der Waals surface area contributed by atoms with Crippen LogP contribution in [0.2, 0.25) is 5.02 Å². The molecule has 0 aliphatic heterocycles. The molecule has 3 aromatic rings. The predicted octanol–water partition coefficient (Wildman–Crippen LogP) is 3.47. The largest absolute Gasteiger partial charge is 0.324 e. The lowest BCUT2D eigenvalue weighted by molar-refractivity contribution is -0.119. The van der Waals surface area contributed by atoms with E-state index in [0.29, 0.717) is 16.4 Å². The Hall–Kier alpha value is -2.99. The van der Waals surface area contributed by atoms with Crippen molar-refractivity contribution in [2.45, 2.75) is 19.9 Å². The predicted molar refractivity (Wildman–Crippen MR) is 101 cm³/mol. The first-order valence-electron chi connectivity index (χ1n) is 8.03. The van der Waals surface area contributed by atoms with E-state index in [2.05, 4.69) is 15.4 Å². The molecule has 7 heteroatoms. The Morgan fingerprint density at radius 2 is 2.00 bits per heavy atom. The van der Waals surface area contributed by atoms with Crippen molar-refractivity contribution >= 4 is 23.2 Å². The molecule has 0 bridgehead atoms. The van der Waals surface area contributed by atoms with Gasteiger partial charge in [-0.25, -0.2) is 4.68 Å². The molecule has 1 unspecified atom stereocenters. The molecule has 1 atom stereocenters. The molecule has 0 saturated carbocycles. The molecule has 2 heterocycles. The highest BCUT2D eigenvalue weighted by Crippen LogP contribution is 2.23. The lowest BCUT2D eigenvalue weighted by atomic mass is 10.2. The number of aromatic nitrogens is 3. The summed E-state index contributed by atoms with van der Waals surface area (Å²) >= 11 is 6.08. The first kappa shape index (κ1) is 17.8. The number of nitrogens with one attached hydrogen (secondary N) is 1. The minimum atomic E-state index is -0.794. The molecular weight excluding hydrogens is 352 g/mol. The smallest absolute Gasteiger partial charge is 0.267 e. The van der Waals surface area contributed by atoms with E-state index < -0.39 is 6.04 Å². The van der Waals surface area contributed by atoms with E-state index in [-0.39, 0.29) is 11.5 Å². The van der Waals surface area contributed by atoms with E-state index >= 15 is 0 Å². The van der Waals surface area contributed by atoms with Crippen LogP contribution in [0.1, 0.15) is 18.5 Å². The summed E-state index contributed by atoms with van der Waals surface area (Å²) < 4.78 is 1.16. The summed E-state index contributed by atoms with van der Waals surface area (Å²) in [5.74, 6) is -0.353. The maximum atomic E-state index is 12.6. The summed E-state index contributed by atoms with van der Waals surface area (Å²) in [6, 6.07) is 11.1. The topological polar surface area (TPSA) is 76.9 Å². The fourth-order valence-corrected chi connectivity index (χ4v) is 2.64. The summed E-state index contributed by atoms with van der Waals surface area (Å²) in [5.41, 5.74) is 2.34. The van der Waals surface area contributed by atoms with Gasteiger partial charge in [0.2, 0.25) is 5.91 Å². The molecule has 3 rings (SSSR count). The molecule has 0 saturated heterocycles. The first-order chi connectivity index (χ1) is 12.5. The van der Waals surface area contributed by atoms with E-state index in [1.807, 2.05) is 13.0 Å². The van der Waals surface area contributed by atoms with Crippen molar-refractivity contribution in [1.29, 1.82) is 0 Å². The van der Waals surface area contributed by atoms with Crippen LogP contribution in [0.4, 0.5) is 5.69 Å². The zero-order valence-electron chi connectivity index (χ0n) is 14.3. The summed E-state index contributed by atoms with van der Waals surface area (Å²) in [4.78, 5) is 28.9. The van der Waals surface area contributed by atoms with Crippen LogP contribution in [0.15, 0.2) is 59.7 Å². The number of halogens is 1. The molecule has 2 aromatic heterocycles. The Balaban J connectivity index is 1.89. The number of carbonyl (C=O) groups excluding carboxylic acids is 1. The Morgan fingerprint density at radius 1 is 1.19 bits per heavy atom. The van der Waals surface area contributed by atoms with Crippen LogP contribution in [0, 0.1) is 6.92 Å². The second kappa shape index (κ2) is 7.49. The van der Waals surface area contributed by atoms with Crippen molar-refractivity contribution in [1.82, 2.24) is 14.8 Å². The minimum Gasteiger partial charge on any atom is -0.324 e. The molecule has 0 fully saturated rings. The lowest BCUT2D eigenvalue weighted by Gasteiger charge is -2.16. The van der Waals surface area contributed by atoms with Crippen LogP contribution in [0.25, 0.3) is 11.3 Å². The first-order valence-corrected chi connectivity index (χ1v) is 8.41. The SMILES string of the molecule is Cc1c(Cl)cccc1NC(=O)C(C)n1nc(-c2cccnc2)ccc1=O. The molecule has 0 aliphatic carbocycles. The van der Waals surface area contributed by atoms with Crippen LogP contribution in [0.5, 0.6) is 0 Å². The van der Waals surface area contributed by atoms with Crippen molar-refractivity contribution in [2.24, 2.45) is 0 Å². The van der Waals surface area contributed by atoms with Gasteiger partial charge in [-0.1, -0.05) is 17.7 Å². The van der Waals surface area contributed by atoms with Gasteiger partial charge in [-0.15, -0.1) is 0 Å². The van der Waals surface area contributed by atoms with Crippen LogP contribution in [-0.4, -0.2) is 20.7 Å². The number of anilines is 1. The maximum Gasteiger partial charge on any atom is 0.267 e. The van der Waals surface area contributed by atoms with Gasteiger partial charge in [0.05, 0.1) is 5.69 Å². The van der Waals surface area contributed by atoms with Crippen molar-refractivity contribution < 1.29 is 4.79 Å². The number of benzene rings is 1. The quantitative estimate of drug-likeness (QED) is 0.765. The highest BCUT2D eigenvalue weighted by atomic mass is 35.5. The molecule has 1 amide bonds. The minimum absolute atomic E-state index is 0.353. The number of carbonyl (C=O) groups is 1. The third kappa shape index (κ3) is 3.65. The number of pyridine rings is 1. The van der Waals surface area contributed by atoms with Gasteiger partial charge in [-0.3, -0.25) is 14.6 Å². The summed E-state index contributed by atoms with van der Waals surface area (Å²) in [6.07, 6.45) is 3.31. The zero-order valence-corrected chi connectivity index (χ0v) is 15.1. The normalized spacial score (nSPS) is 11.8. The van der Waals surface area contributed by atoms with Gasteiger partial charge in [0.1, 0.15) is 6.04 Å². The average Bonchev–Trinajstić information content (AvgIpc) is 2.66. The number of nitrogens with zero attached hydrogens (tertiary/aromatic N) is 3. The highest BCUT2D eigenvalue weighted by molar-refractivity contribution is 6.31. The van der Waals surface area contributed by atoms with Gasteiger partial charge in [0, 0.05) is 34.7 Å². The van der Waals surface area contributed by atoms with E-state index in [1.165, 1.54) is 6.07 Å². The van der Waals surface area contributed by atoms with Gasteiger partial charge in [-0.05, 0) is 49.7 Å². The molecular formula is C19H17ClN4O2. The average molecular weight is 369 g/mol. The third-order valence-corrected chi connectivity index (χ3v) is 4.46. The summed E-state index contributed by atoms with van der Waals surface area (Å²) in [6.45, 7) is 3.44. The van der Waals surface area contributed by atoms with E-state index in [0.717, 1.165) is 15.8 Å². The van der Waals surface area contributed by atoms with Crippen molar-refractivity contribution in [3.8, 4) is 11.3 Å². The van der Waals surface area contributed by atoms with Crippen molar-refractivity contribution in [3.05, 3.63) is 75.8 Å². The van der Waals surface area contributed by atoms with Gasteiger partial charge in [0.25, 0.3) is 5.56 Å². The van der Waals surface area contributed by atoms with E-state index in [4.69, 9.17) is 11.6 Å². The third-order valence-electron chi connectivity index (χ3n) is 4.05. The molecule has 132 valence electrons. The fraction of sp³-hybridized carbons (Fsp3) is 0.158. The second-order valence-electron chi connectivity index (χ2n) is 5.82. The molecule has 1 N–H and O–H groups in total. The van der Waals surface area contributed by atoms with Crippen molar-refractivity contribution in [3.63, 3.8) is 0 Å². The van der Waals surface area contributed by atoms with E-state index in [9.17, 15) is 9.59 Å². The molecule has 1 aromatic carbocycles. The van der Waals surface area contributed by atoms with Crippen LogP contribution in [0.3, 0.4) is 0 Å². The highest BCUT2D eigenvalue weighted by Gasteiger charge is 2.19. The molecule has 0 radical (unpaired) electrons. The van der Waals surface area contributed by atoms with Crippen LogP contribution < -0.4 is 10.9 Å². The molecule has 6 nitrogen and oxygen atoms in total. The second-order valence-corrected chi connectivity index (χ2v) is 6.23. The number of rotatable bonds is 4. The Morgan fingerprint density at radius 3 is 2.73 bits per heavy atom. The Kier molecular flexibility index (Phi) is 5.14. The standard InChI is InChI=1S/C19H17ClN4O2/c1-12-15(20)6-3-7-16(12)22-19(26)13(2)24-18(25)9-8-17(23-24)14-5-4-10-21-11-14/h3-11,13H,1-2H3,(H,22,26). The number of amides is 1. The maximum absolute atomic E-state index is 12.6. The van der Waals surface area contributed by atoms with Gasteiger partial charge < -0.3 is 5.32 Å². The van der Waals surface area contributed by atoms with E-state index in [1.54, 1.807) is 49.6 Å². The molecule has 0 aliphatic rings. The Labute approximate surface area is 155 Å². The number of hydrogen-bond acceptors (Lipinski definition) is 4. The van der Waals surface area contributed by atoms with Gasteiger partial charge >= 0.3 is 0 Å². The molecule has 0 spiro atoms.